The second kappa shape index (κ2) is 11.2. The predicted molar refractivity (Wildman–Crippen MR) is 162 cm³/mol. The average molecular weight is 565 g/mol. The molecule has 0 radical (unpaired) electrons. The van der Waals surface area contributed by atoms with Gasteiger partial charge in [0.1, 0.15) is 6.33 Å². The first-order chi connectivity index (χ1) is 19.7. The molecule has 1 N–H and O–H groups in total. The molecule has 1 aromatic rings. The normalized spacial score (nSPS) is 39.3. The number of hydrogen-bond donors (Lipinski definition) is 1. The number of aliphatic hydroxyl groups is 1. The highest BCUT2D eigenvalue weighted by molar-refractivity contribution is 5.76. The standard InChI is InChI=1S/C34H52N4O3/c1-22(6-11-31(40)37-16-17-38(23(2)20-37)32-30(41-5)19-35-21-36-32)27-9-10-28-26-8-7-24-18-25(39)12-14-33(24,3)29(26)13-15-34(27,28)4/h7,19,21-23,25-29,39H,6,8-18,20H2,1-5H3/t22-,23+,25+,26+,27-,28+,29+,33+,34-/m1/s1. The molecule has 4 aliphatic carbocycles. The Labute approximate surface area is 247 Å². The maximum absolute atomic E-state index is 13.4. The van der Waals surface area contributed by atoms with E-state index < -0.39 is 0 Å². The molecule has 1 aliphatic heterocycles. The molecule has 2 heterocycles. The van der Waals surface area contributed by atoms with Gasteiger partial charge in [-0.3, -0.25) is 4.79 Å². The van der Waals surface area contributed by atoms with Crippen LogP contribution in [0, 0.1) is 40.4 Å². The number of anilines is 1. The van der Waals surface area contributed by atoms with Crippen LogP contribution >= 0.6 is 0 Å². The summed E-state index contributed by atoms with van der Waals surface area (Å²) in [7, 11) is 1.65. The number of nitrogens with zero attached hydrogens (tertiary/aromatic N) is 4. The summed E-state index contributed by atoms with van der Waals surface area (Å²) in [5, 5.41) is 10.3. The van der Waals surface area contributed by atoms with E-state index in [0.717, 1.165) is 68.9 Å². The molecule has 1 saturated heterocycles. The van der Waals surface area contributed by atoms with Gasteiger partial charge in [0.25, 0.3) is 0 Å². The fourth-order valence-corrected chi connectivity index (χ4v) is 10.5. The van der Waals surface area contributed by atoms with Gasteiger partial charge in [-0.05, 0) is 105 Å². The number of aliphatic hydroxyl groups excluding tert-OH is 1. The molecular weight excluding hydrogens is 512 g/mol. The Balaban J connectivity index is 1.05. The first kappa shape index (κ1) is 28.9. The minimum absolute atomic E-state index is 0.131. The number of hydrogen-bond acceptors (Lipinski definition) is 6. The number of amides is 1. The van der Waals surface area contributed by atoms with Gasteiger partial charge in [-0.1, -0.05) is 32.4 Å². The lowest BCUT2D eigenvalue weighted by atomic mass is 9.47. The highest BCUT2D eigenvalue weighted by Gasteiger charge is 2.59. The van der Waals surface area contributed by atoms with Crippen LogP contribution in [0.15, 0.2) is 24.2 Å². The van der Waals surface area contributed by atoms with E-state index >= 15 is 0 Å². The van der Waals surface area contributed by atoms with Gasteiger partial charge in [0, 0.05) is 32.1 Å². The molecule has 4 fully saturated rings. The minimum Gasteiger partial charge on any atom is -0.491 e. The van der Waals surface area contributed by atoms with Crippen molar-refractivity contribution < 1.29 is 14.6 Å². The van der Waals surface area contributed by atoms with Gasteiger partial charge in [-0.25, -0.2) is 9.97 Å². The molecule has 7 nitrogen and oxygen atoms in total. The average Bonchev–Trinajstić information content (AvgIpc) is 3.33. The molecule has 0 aromatic carbocycles. The van der Waals surface area contributed by atoms with E-state index in [1.807, 2.05) is 0 Å². The fourth-order valence-electron chi connectivity index (χ4n) is 10.5. The van der Waals surface area contributed by atoms with Crippen molar-refractivity contribution in [3.05, 3.63) is 24.2 Å². The van der Waals surface area contributed by atoms with Gasteiger partial charge in [-0.15, -0.1) is 0 Å². The monoisotopic (exact) mass is 564 g/mol. The topological polar surface area (TPSA) is 78.8 Å². The number of methoxy groups -OCH3 is 1. The molecule has 1 aromatic heterocycles. The summed E-state index contributed by atoms with van der Waals surface area (Å²) in [6, 6.07) is 0.179. The molecule has 7 heteroatoms. The van der Waals surface area contributed by atoms with Gasteiger partial charge < -0.3 is 19.6 Å². The van der Waals surface area contributed by atoms with E-state index in [0.29, 0.717) is 40.7 Å². The summed E-state index contributed by atoms with van der Waals surface area (Å²) in [6.07, 6.45) is 16.9. The molecule has 41 heavy (non-hydrogen) atoms. The van der Waals surface area contributed by atoms with E-state index in [2.05, 4.69) is 53.5 Å². The van der Waals surface area contributed by atoms with Crippen molar-refractivity contribution in [1.29, 1.82) is 0 Å². The van der Waals surface area contributed by atoms with Gasteiger partial charge in [0.15, 0.2) is 11.6 Å². The van der Waals surface area contributed by atoms with Crippen LogP contribution in [0.2, 0.25) is 0 Å². The molecule has 0 unspecified atom stereocenters. The molecule has 0 spiro atoms. The van der Waals surface area contributed by atoms with E-state index in [4.69, 9.17) is 4.74 Å². The Bertz CT molecular complexity index is 1160. The molecule has 0 bridgehead atoms. The van der Waals surface area contributed by atoms with Crippen LogP contribution < -0.4 is 9.64 Å². The van der Waals surface area contributed by atoms with Crippen LogP contribution in [-0.4, -0.2) is 64.8 Å². The van der Waals surface area contributed by atoms with E-state index in [1.54, 1.807) is 25.2 Å². The predicted octanol–water partition coefficient (Wildman–Crippen LogP) is 5.88. The van der Waals surface area contributed by atoms with Crippen LogP contribution in [0.5, 0.6) is 5.75 Å². The summed E-state index contributed by atoms with van der Waals surface area (Å²) >= 11 is 0. The highest BCUT2D eigenvalue weighted by Crippen LogP contribution is 2.67. The quantitative estimate of drug-likeness (QED) is 0.435. The number of allylic oxidation sites excluding steroid dienone is 1. The zero-order valence-electron chi connectivity index (χ0n) is 26.0. The van der Waals surface area contributed by atoms with E-state index in [-0.39, 0.29) is 12.1 Å². The molecule has 6 rings (SSSR count). The lowest BCUT2D eigenvalue weighted by Crippen LogP contribution is -2.54. The van der Waals surface area contributed by atoms with Crippen LogP contribution in [-0.2, 0) is 4.79 Å². The summed E-state index contributed by atoms with van der Waals surface area (Å²) in [4.78, 5) is 26.3. The van der Waals surface area contributed by atoms with Gasteiger partial charge in [0.2, 0.25) is 5.91 Å². The fraction of sp³-hybridized carbons (Fsp3) is 0.794. The Morgan fingerprint density at radius 2 is 2.00 bits per heavy atom. The zero-order chi connectivity index (χ0) is 28.9. The van der Waals surface area contributed by atoms with Crippen molar-refractivity contribution in [3.63, 3.8) is 0 Å². The maximum atomic E-state index is 13.4. The highest BCUT2D eigenvalue weighted by atomic mass is 16.5. The smallest absolute Gasteiger partial charge is 0.222 e. The SMILES string of the molecule is COc1cncnc1N1CCN(C(=O)CC[C@@H](C)[C@H]2CC[C@H]3[C@@H]4CC=C5C[C@@H](O)CC[C@]5(C)[C@H]4CC[C@]23C)C[C@@H]1C. The molecule has 1 amide bonds. The number of rotatable bonds is 6. The van der Waals surface area contributed by atoms with Crippen molar-refractivity contribution in [2.75, 3.05) is 31.6 Å². The Hall–Kier alpha value is -2.15. The summed E-state index contributed by atoms with van der Waals surface area (Å²) in [5.74, 6) is 5.47. The molecule has 3 saturated carbocycles. The number of ether oxygens (including phenoxy) is 1. The largest absolute Gasteiger partial charge is 0.491 e. The van der Waals surface area contributed by atoms with Crippen LogP contribution in [0.1, 0.15) is 91.9 Å². The third-order valence-electron chi connectivity index (χ3n) is 12.8. The van der Waals surface area contributed by atoms with Crippen LogP contribution in [0.4, 0.5) is 5.82 Å². The van der Waals surface area contributed by atoms with E-state index in [9.17, 15) is 9.90 Å². The Morgan fingerprint density at radius 3 is 2.78 bits per heavy atom. The molecule has 226 valence electrons. The van der Waals surface area contributed by atoms with Crippen molar-refractivity contribution in [3.8, 4) is 5.75 Å². The van der Waals surface area contributed by atoms with Crippen LogP contribution in [0.3, 0.4) is 0 Å². The Morgan fingerprint density at radius 1 is 1.17 bits per heavy atom. The van der Waals surface area contributed by atoms with Gasteiger partial charge >= 0.3 is 0 Å². The third-order valence-corrected chi connectivity index (χ3v) is 12.8. The van der Waals surface area contributed by atoms with Crippen molar-refractivity contribution in [1.82, 2.24) is 14.9 Å². The van der Waals surface area contributed by atoms with Gasteiger partial charge in [-0.2, -0.15) is 0 Å². The van der Waals surface area contributed by atoms with Crippen molar-refractivity contribution in [2.24, 2.45) is 40.4 Å². The molecular formula is C34H52N4O3. The van der Waals surface area contributed by atoms with Crippen molar-refractivity contribution in [2.45, 2.75) is 104 Å². The van der Waals surface area contributed by atoms with Crippen molar-refractivity contribution >= 4 is 11.7 Å². The Kier molecular flexibility index (Phi) is 7.88. The first-order valence-electron chi connectivity index (χ1n) is 16.4. The number of piperazine rings is 1. The second-order valence-corrected chi connectivity index (χ2v) is 14.7. The maximum Gasteiger partial charge on any atom is 0.222 e. The second-order valence-electron chi connectivity index (χ2n) is 14.7. The number of carbonyl (C=O) groups excluding carboxylic acids is 1. The summed E-state index contributed by atoms with van der Waals surface area (Å²) in [5.41, 5.74) is 2.27. The third kappa shape index (κ3) is 4.98. The number of fused-ring (bicyclic) bond motifs is 5. The molecule has 5 aliphatic rings. The summed E-state index contributed by atoms with van der Waals surface area (Å²) < 4.78 is 5.48. The first-order valence-corrected chi connectivity index (χ1v) is 16.4. The number of aromatic nitrogens is 2. The summed E-state index contributed by atoms with van der Waals surface area (Å²) in [6.45, 7) is 11.9. The lowest BCUT2D eigenvalue weighted by Gasteiger charge is -2.58. The number of carbonyl (C=O) groups is 1. The van der Waals surface area contributed by atoms with Gasteiger partial charge in [0.05, 0.1) is 19.4 Å². The molecule has 9 atom stereocenters. The zero-order valence-corrected chi connectivity index (χ0v) is 26.0. The van der Waals surface area contributed by atoms with Crippen LogP contribution in [0.25, 0.3) is 0 Å². The lowest BCUT2D eigenvalue weighted by molar-refractivity contribution is -0.132. The minimum atomic E-state index is -0.131. The van der Waals surface area contributed by atoms with E-state index in [1.165, 1.54) is 32.1 Å².